The summed E-state index contributed by atoms with van der Waals surface area (Å²) >= 11 is 6.06. The van der Waals surface area contributed by atoms with Gasteiger partial charge in [-0.05, 0) is 79.9 Å². The molecule has 0 aromatic heterocycles. The summed E-state index contributed by atoms with van der Waals surface area (Å²) in [5.41, 5.74) is 0.947. The van der Waals surface area contributed by atoms with E-state index in [1.807, 2.05) is 6.07 Å². The van der Waals surface area contributed by atoms with Gasteiger partial charge in [-0.2, -0.15) is 5.26 Å². The van der Waals surface area contributed by atoms with E-state index in [1.165, 1.54) is 44.6 Å². The Hall–Kier alpha value is -1.07. The first-order valence-electron chi connectivity index (χ1n) is 8.97. The fraction of sp³-hybridized carbons (Fsp3) is 0.650. The zero-order valence-electron chi connectivity index (χ0n) is 13.8. The molecule has 0 saturated heterocycles. The van der Waals surface area contributed by atoms with Gasteiger partial charge in [0.1, 0.15) is 17.4 Å². The molecule has 2 aliphatic rings. The first kappa shape index (κ1) is 16.8. The monoisotopic (exact) mass is 333 g/mol. The van der Waals surface area contributed by atoms with Crippen LogP contribution in [0, 0.1) is 34.9 Å². The Morgan fingerprint density at radius 2 is 1.57 bits per heavy atom. The van der Waals surface area contributed by atoms with E-state index in [2.05, 4.69) is 6.92 Å². The highest BCUT2D eigenvalue weighted by Crippen LogP contribution is 2.44. The maximum atomic E-state index is 14.0. The van der Waals surface area contributed by atoms with Crippen molar-refractivity contribution in [3.8, 4) is 6.07 Å². The smallest absolute Gasteiger partial charge is 0.142 e. The summed E-state index contributed by atoms with van der Waals surface area (Å²) in [6.07, 6.45) is 10.3. The summed E-state index contributed by atoms with van der Waals surface area (Å²) in [6, 6.07) is 5.17. The second-order valence-corrected chi connectivity index (χ2v) is 8.01. The molecule has 2 fully saturated rings. The lowest BCUT2D eigenvalue weighted by Gasteiger charge is -2.37. The van der Waals surface area contributed by atoms with Crippen LogP contribution in [0.5, 0.6) is 0 Å². The van der Waals surface area contributed by atoms with Gasteiger partial charge < -0.3 is 0 Å². The van der Waals surface area contributed by atoms with Crippen LogP contribution < -0.4 is 0 Å². The van der Waals surface area contributed by atoms with E-state index < -0.39 is 5.82 Å². The first-order chi connectivity index (χ1) is 11.1. The number of nitriles is 1. The van der Waals surface area contributed by atoms with Gasteiger partial charge in [0.05, 0.1) is 5.02 Å². The van der Waals surface area contributed by atoms with Crippen molar-refractivity contribution in [1.82, 2.24) is 0 Å². The first-order valence-corrected chi connectivity index (χ1v) is 9.35. The number of nitrogens with zero attached hydrogens (tertiary/aromatic N) is 1. The number of hydrogen-bond acceptors (Lipinski definition) is 1. The minimum absolute atomic E-state index is 0.0274. The zero-order valence-corrected chi connectivity index (χ0v) is 14.6. The van der Waals surface area contributed by atoms with E-state index in [1.54, 1.807) is 6.07 Å². The van der Waals surface area contributed by atoms with E-state index in [9.17, 15) is 4.39 Å². The highest BCUT2D eigenvalue weighted by atomic mass is 35.5. The van der Waals surface area contributed by atoms with Crippen LogP contribution in [0.1, 0.15) is 75.3 Å². The molecular formula is C20H25ClFN. The zero-order chi connectivity index (χ0) is 16.4. The Morgan fingerprint density at radius 3 is 2.09 bits per heavy atom. The summed E-state index contributed by atoms with van der Waals surface area (Å²) in [7, 11) is 0. The Morgan fingerprint density at radius 1 is 1.00 bits per heavy atom. The van der Waals surface area contributed by atoms with E-state index in [4.69, 9.17) is 16.9 Å². The van der Waals surface area contributed by atoms with Crippen molar-refractivity contribution in [2.45, 2.75) is 64.2 Å². The average Bonchev–Trinajstić information content (AvgIpc) is 2.55. The highest BCUT2D eigenvalue weighted by molar-refractivity contribution is 6.31. The maximum absolute atomic E-state index is 14.0. The fourth-order valence-electron chi connectivity index (χ4n) is 4.62. The molecule has 0 amide bonds. The van der Waals surface area contributed by atoms with Crippen LogP contribution in [0.4, 0.5) is 4.39 Å². The molecule has 0 radical (unpaired) electrons. The third-order valence-electron chi connectivity index (χ3n) is 6.15. The van der Waals surface area contributed by atoms with Gasteiger partial charge in [0.25, 0.3) is 0 Å². The Bertz CT molecular complexity index is 567. The van der Waals surface area contributed by atoms with Gasteiger partial charge in [-0.3, -0.25) is 0 Å². The van der Waals surface area contributed by atoms with Crippen molar-refractivity contribution < 1.29 is 4.39 Å². The van der Waals surface area contributed by atoms with Crippen LogP contribution in [0.3, 0.4) is 0 Å². The quantitative estimate of drug-likeness (QED) is 0.610. The summed E-state index contributed by atoms with van der Waals surface area (Å²) in [5.74, 6) is 2.60. The van der Waals surface area contributed by atoms with Gasteiger partial charge in [-0.25, -0.2) is 4.39 Å². The molecule has 1 nitrogen and oxygen atoms in total. The normalized spacial score (nSPS) is 31.6. The highest BCUT2D eigenvalue weighted by Gasteiger charge is 2.30. The lowest BCUT2D eigenvalue weighted by atomic mass is 9.68. The third-order valence-corrected chi connectivity index (χ3v) is 6.44. The van der Waals surface area contributed by atoms with Crippen LogP contribution in [-0.2, 0) is 0 Å². The van der Waals surface area contributed by atoms with E-state index in [0.29, 0.717) is 5.92 Å². The molecule has 0 heterocycles. The molecule has 0 spiro atoms. The molecule has 0 aliphatic heterocycles. The van der Waals surface area contributed by atoms with Gasteiger partial charge in [0, 0.05) is 0 Å². The lowest BCUT2D eigenvalue weighted by Crippen LogP contribution is -2.24. The van der Waals surface area contributed by atoms with Crippen LogP contribution in [0.2, 0.25) is 5.02 Å². The molecule has 0 unspecified atom stereocenters. The molecule has 1 aromatic carbocycles. The van der Waals surface area contributed by atoms with E-state index >= 15 is 0 Å². The van der Waals surface area contributed by atoms with Gasteiger partial charge in [-0.15, -0.1) is 0 Å². The summed E-state index contributed by atoms with van der Waals surface area (Å²) in [4.78, 5) is 0. The minimum atomic E-state index is -0.474. The molecule has 3 heteroatoms. The molecule has 0 bridgehead atoms. The largest absolute Gasteiger partial charge is 0.205 e. The van der Waals surface area contributed by atoms with Gasteiger partial charge in [0.2, 0.25) is 0 Å². The standard InChI is InChI=1S/C20H25ClFN/c1-13-2-4-14(5-3-13)15-6-8-16(9-7-15)17-10-19(21)18(12-23)20(22)11-17/h10-11,13-16H,2-9H2,1H3. The number of rotatable bonds is 2. The van der Waals surface area contributed by atoms with Gasteiger partial charge >= 0.3 is 0 Å². The van der Waals surface area contributed by atoms with Crippen molar-refractivity contribution in [3.63, 3.8) is 0 Å². The molecule has 1 aromatic rings. The summed E-state index contributed by atoms with van der Waals surface area (Å²) in [5, 5.41) is 9.18. The Balaban J connectivity index is 1.62. The average molecular weight is 334 g/mol. The number of benzene rings is 1. The number of halogens is 2. The topological polar surface area (TPSA) is 23.8 Å². The van der Waals surface area contributed by atoms with Crippen LogP contribution in [-0.4, -0.2) is 0 Å². The minimum Gasteiger partial charge on any atom is -0.205 e. The van der Waals surface area contributed by atoms with Crippen LogP contribution >= 0.6 is 11.6 Å². The molecule has 23 heavy (non-hydrogen) atoms. The van der Waals surface area contributed by atoms with Crippen molar-refractivity contribution in [3.05, 3.63) is 34.1 Å². The second-order valence-electron chi connectivity index (χ2n) is 7.60. The van der Waals surface area contributed by atoms with Crippen molar-refractivity contribution in [2.75, 3.05) is 0 Å². The van der Waals surface area contributed by atoms with Crippen LogP contribution in [0.15, 0.2) is 12.1 Å². The molecule has 3 rings (SSSR count). The summed E-state index contributed by atoms with van der Waals surface area (Å²) < 4.78 is 14.0. The van der Waals surface area contributed by atoms with E-state index in [-0.39, 0.29) is 10.6 Å². The Labute approximate surface area is 143 Å². The lowest BCUT2D eigenvalue weighted by molar-refractivity contribution is 0.165. The summed E-state index contributed by atoms with van der Waals surface area (Å²) in [6.45, 7) is 2.37. The predicted octanol–water partition coefficient (Wildman–Crippen LogP) is 6.45. The van der Waals surface area contributed by atoms with Gasteiger partial charge in [-0.1, -0.05) is 31.4 Å². The second kappa shape index (κ2) is 7.22. The molecule has 2 aliphatic carbocycles. The van der Waals surface area contributed by atoms with Crippen molar-refractivity contribution >= 4 is 11.6 Å². The molecular weight excluding hydrogens is 309 g/mol. The Kier molecular flexibility index (Phi) is 5.27. The van der Waals surface area contributed by atoms with E-state index in [0.717, 1.165) is 36.2 Å². The number of hydrogen-bond donors (Lipinski definition) is 0. The van der Waals surface area contributed by atoms with Crippen molar-refractivity contribution in [1.29, 1.82) is 5.26 Å². The molecule has 0 atom stereocenters. The third kappa shape index (κ3) is 3.72. The molecule has 0 N–H and O–H groups in total. The maximum Gasteiger partial charge on any atom is 0.142 e. The van der Waals surface area contributed by atoms with Crippen LogP contribution in [0.25, 0.3) is 0 Å². The predicted molar refractivity (Wildman–Crippen MR) is 91.9 cm³/mol. The fourth-order valence-corrected chi connectivity index (χ4v) is 4.87. The SMILES string of the molecule is CC1CCC(C2CCC(c3cc(F)c(C#N)c(Cl)c3)CC2)CC1. The van der Waals surface area contributed by atoms with Gasteiger partial charge in [0.15, 0.2) is 0 Å². The molecule has 124 valence electrons. The van der Waals surface area contributed by atoms with Crippen molar-refractivity contribution in [2.24, 2.45) is 17.8 Å². The molecule has 2 saturated carbocycles.